The summed E-state index contributed by atoms with van der Waals surface area (Å²) in [5, 5.41) is 1.60. The van der Waals surface area contributed by atoms with Crippen LogP contribution in [-0.2, 0) is 10.0 Å². The van der Waals surface area contributed by atoms with Gasteiger partial charge >= 0.3 is 0 Å². The average molecular weight is 393 g/mol. The number of methoxy groups -OCH3 is 1. The Morgan fingerprint density at radius 3 is 2.46 bits per heavy atom. The van der Waals surface area contributed by atoms with Crippen LogP contribution in [0.4, 0.5) is 11.5 Å². The molecule has 0 bridgehead atoms. The van der Waals surface area contributed by atoms with Crippen molar-refractivity contribution in [1.29, 1.82) is 0 Å². The molecule has 0 amide bonds. The molecule has 140 valence electrons. The van der Waals surface area contributed by atoms with Crippen LogP contribution in [0.2, 0.25) is 0 Å². The van der Waals surface area contributed by atoms with Gasteiger partial charge in [-0.15, -0.1) is 0 Å². The first-order chi connectivity index (χ1) is 13.6. The number of hydrogen-bond donors (Lipinski definition) is 0. The van der Waals surface area contributed by atoms with Gasteiger partial charge in [-0.3, -0.25) is 9.97 Å². The maximum absolute atomic E-state index is 13.6. The van der Waals surface area contributed by atoms with E-state index >= 15 is 0 Å². The number of ether oxygens (including phenoxy) is 1. The third kappa shape index (κ3) is 3.12. The van der Waals surface area contributed by atoms with Crippen molar-refractivity contribution >= 4 is 32.3 Å². The quantitative estimate of drug-likeness (QED) is 0.514. The second-order valence-corrected chi connectivity index (χ2v) is 7.56. The second kappa shape index (κ2) is 7.20. The summed E-state index contributed by atoms with van der Waals surface area (Å²) in [7, 11) is -2.56. The van der Waals surface area contributed by atoms with Crippen LogP contribution >= 0.6 is 0 Å². The van der Waals surface area contributed by atoms with Crippen LogP contribution in [-0.4, -0.2) is 35.5 Å². The van der Waals surface area contributed by atoms with E-state index in [1.165, 1.54) is 44.2 Å². The highest BCUT2D eigenvalue weighted by molar-refractivity contribution is 7.93. The molecule has 0 unspecified atom stereocenters. The highest BCUT2D eigenvalue weighted by atomic mass is 32.2. The lowest BCUT2D eigenvalue weighted by Gasteiger charge is -2.24. The van der Waals surface area contributed by atoms with Gasteiger partial charge in [0, 0.05) is 42.3 Å². The molecule has 1 aromatic carbocycles. The minimum absolute atomic E-state index is 0.107. The molecule has 4 aromatic rings. The minimum Gasteiger partial charge on any atom is -0.494 e. The van der Waals surface area contributed by atoms with Gasteiger partial charge in [-0.2, -0.15) is 0 Å². The highest BCUT2D eigenvalue weighted by Crippen LogP contribution is 2.37. The molecule has 0 N–H and O–H groups in total. The van der Waals surface area contributed by atoms with Gasteiger partial charge in [0.25, 0.3) is 10.0 Å². The Labute approximate surface area is 161 Å². The van der Waals surface area contributed by atoms with Crippen molar-refractivity contribution in [3.8, 4) is 5.75 Å². The molecule has 0 saturated carbocycles. The number of benzene rings is 1. The topological polar surface area (TPSA) is 98.2 Å². The molecule has 4 rings (SSSR count). The summed E-state index contributed by atoms with van der Waals surface area (Å²) in [6.45, 7) is 0. The summed E-state index contributed by atoms with van der Waals surface area (Å²) in [6.07, 6.45) is 9.00. The smallest absolute Gasteiger partial charge is 0.270 e. The Kier molecular flexibility index (Phi) is 4.58. The zero-order valence-electron chi connectivity index (χ0n) is 14.8. The van der Waals surface area contributed by atoms with Crippen LogP contribution in [0.3, 0.4) is 0 Å². The van der Waals surface area contributed by atoms with Crippen molar-refractivity contribution in [1.82, 2.24) is 19.9 Å². The summed E-state index contributed by atoms with van der Waals surface area (Å²) in [4.78, 5) is 16.2. The summed E-state index contributed by atoms with van der Waals surface area (Å²) < 4.78 is 33.7. The number of pyridine rings is 2. The van der Waals surface area contributed by atoms with Crippen molar-refractivity contribution in [2.45, 2.75) is 4.90 Å². The maximum Gasteiger partial charge on any atom is 0.270 e. The van der Waals surface area contributed by atoms with Crippen LogP contribution in [0.1, 0.15) is 0 Å². The fourth-order valence-electron chi connectivity index (χ4n) is 2.81. The molecule has 28 heavy (non-hydrogen) atoms. The van der Waals surface area contributed by atoms with Crippen molar-refractivity contribution in [3.63, 3.8) is 0 Å². The van der Waals surface area contributed by atoms with Gasteiger partial charge in [0.2, 0.25) is 0 Å². The van der Waals surface area contributed by atoms with E-state index in [0.717, 1.165) is 15.1 Å². The average Bonchev–Trinajstić information content (AvgIpc) is 2.74. The van der Waals surface area contributed by atoms with Crippen molar-refractivity contribution in [2.75, 3.05) is 11.4 Å². The fourth-order valence-corrected chi connectivity index (χ4v) is 4.28. The molecule has 3 heterocycles. The third-order valence-corrected chi connectivity index (χ3v) is 5.84. The predicted molar refractivity (Wildman–Crippen MR) is 104 cm³/mol. The van der Waals surface area contributed by atoms with E-state index in [0.29, 0.717) is 5.75 Å². The lowest BCUT2D eigenvalue weighted by atomic mass is 10.2. The van der Waals surface area contributed by atoms with E-state index < -0.39 is 10.0 Å². The van der Waals surface area contributed by atoms with Crippen molar-refractivity contribution in [2.24, 2.45) is 0 Å². The van der Waals surface area contributed by atoms with E-state index in [1.807, 2.05) is 0 Å². The normalized spacial score (nSPS) is 11.3. The van der Waals surface area contributed by atoms with Crippen LogP contribution in [0, 0.1) is 0 Å². The molecule has 0 saturated heterocycles. The summed E-state index contributed by atoms with van der Waals surface area (Å²) in [5.74, 6) is 0.526. The highest BCUT2D eigenvalue weighted by Gasteiger charge is 2.30. The number of sulfonamides is 1. The van der Waals surface area contributed by atoms with Crippen molar-refractivity contribution < 1.29 is 13.2 Å². The van der Waals surface area contributed by atoms with Crippen molar-refractivity contribution in [3.05, 3.63) is 73.7 Å². The van der Waals surface area contributed by atoms with Crippen LogP contribution in [0.15, 0.2) is 78.6 Å². The number of fused-ring (bicyclic) bond motifs is 1. The van der Waals surface area contributed by atoms with Crippen LogP contribution < -0.4 is 9.04 Å². The fraction of sp³-hybridized carbons (Fsp3) is 0.0526. The summed E-state index contributed by atoms with van der Waals surface area (Å²) in [5.41, 5.74) is 0.249. The Balaban J connectivity index is 1.94. The van der Waals surface area contributed by atoms with E-state index in [-0.39, 0.29) is 16.4 Å². The van der Waals surface area contributed by atoms with Gasteiger partial charge in [0.15, 0.2) is 5.82 Å². The third-order valence-electron chi connectivity index (χ3n) is 4.12. The first kappa shape index (κ1) is 17.8. The van der Waals surface area contributed by atoms with Crippen LogP contribution in [0.25, 0.3) is 10.8 Å². The number of anilines is 2. The number of nitrogens with zero attached hydrogens (tertiary/aromatic N) is 5. The van der Waals surface area contributed by atoms with Gasteiger partial charge < -0.3 is 4.74 Å². The molecular formula is C19H15N5O3S. The molecule has 0 aliphatic rings. The molecule has 0 aliphatic heterocycles. The van der Waals surface area contributed by atoms with Gasteiger partial charge in [-0.1, -0.05) is 6.07 Å². The van der Waals surface area contributed by atoms with Crippen LogP contribution in [0.5, 0.6) is 5.75 Å². The van der Waals surface area contributed by atoms with E-state index in [1.54, 1.807) is 36.7 Å². The van der Waals surface area contributed by atoms with E-state index in [2.05, 4.69) is 19.9 Å². The Morgan fingerprint density at radius 1 is 0.893 bits per heavy atom. The molecule has 0 aliphatic carbocycles. The lowest BCUT2D eigenvalue weighted by Crippen LogP contribution is -2.27. The predicted octanol–water partition coefficient (Wildman–Crippen LogP) is 2.96. The molecule has 0 radical (unpaired) electrons. The zero-order chi connectivity index (χ0) is 19.6. The molecular weight excluding hydrogens is 378 g/mol. The van der Waals surface area contributed by atoms with E-state index in [4.69, 9.17) is 4.74 Å². The Hall–Kier alpha value is -3.59. The Bertz CT molecular complexity index is 1230. The number of hydrogen-bond acceptors (Lipinski definition) is 7. The largest absolute Gasteiger partial charge is 0.494 e. The second-order valence-electron chi connectivity index (χ2n) is 5.77. The van der Waals surface area contributed by atoms with E-state index in [9.17, 15) is 8.42 Å². The molecule has 9 heteroatoms. The Morgan fingerprint density at radius 2 is 1.68 bits per heavy atom. The standard InChI is InChI=1S/C19H15N5O3S/c1-27-18-5-8-21-12-17(18)24(19-6-9-22-13-23-19)28(25,26)16-3-2-15-11-20-7-4-14(15)10-16/h2-13H,1H3. The summed E-state index contributed by atoms with van der Waals surface area (Å²) in [6, 6.07) is 9.71. The molecule has 0 spiro atoms. The van der Waals surface area contributed by atoms with Gasteiger partial charge in [-0.05, 0) is 23.6 Å². The number of aromatic nitrogens is 4. The lowest BCUT2D eigenvalue weighted by molar-refractivity contribution is 0.415. The summed E-state index contributed by atoms with van der Waals surface area (Å²) >= 11 is 0. The minimum atomic E-state index is -4.03. The number of rotatable bonds is 5. The molecule has 8 nitrogen and oxygen atoms in total. The molecule has 0 fully saturated rings. The molecule has 3 aromatic heterocycles. The molecule has 0 atom stereocenters. The SMILES string of the molecule is COc1ccncc1N(c1ccncn1)S(=O)(=O)c1ccc2cnccc2c1. The first-order valence-electron chi connectivity index (χ1n) is 8.24. The first-order valence-corrected chi connectivity index (χ1v) is 9.68. The monoisotopic (exact) mass is 393 g/mol. The van der Waals surface area contributed by atoms with Gasteiger partial charge in [0.05, 0.1) is 18.2 Å². The maximum atomic E-state index is 13.6. The zero-order valence-corrected chi connectivity index (χ0v) is 15.6. The van der Waals surface area contributed by atoms with Gasteiger partial charge in [-0.25, -0.2) is 22.7 Å². The van der Waals surface area contributed by atoms with Gasteiger partial charge in [0.1, 0.15) is 17.8 Å².